The summed E-state index contributed by atoms with van der Waals surface area (Å²) in [4.78, 5) is 16.6. The van der Waals surface area contributed by atoms with Crippen LogP contribution in [0.25, 0.3) is 10.6 Å². The van der Waals surface area contributed by atoms with Crippen molar-refractivity contribution in [3.8, 4) is 22.1 Å². The molecule has 0 amide bonds. The van der Waals surface area contributed by atoms with Gasteiger partial charge in [0, 0.05) is 11.8 Å². The summed E-state index contributed by atoms with van der Waals surface area (Å²) in [7, 11) is -0.587. The maximum absolute atomic E-state index is 12.1. The quantitative estimate of drug-likeness (QED) is 0.485. The lowest BCUT2D eigenvalue weighted by Crippen LogP contribution is -2.12. The Morgan fingerprint density at radius 3 is 2.48 bits per heavy atom. The van der Waals surface area contributed by atoms with E-state index in [1.54, 1.807) is 32.4 Å². The summed E-state index contributed by atoms with van der Waals surface area (Å²) in [5, 5.41) is 7.63. The molecule has 0 fully saturated rings. The van der Waals surface area contributed by atoms with Gasteiger partial charge in [-0.3, -0.25) is 4.79 Å². The molecule has 164 valence electrons. The summed E-state index contributed by atoms with van der Waals surface area (Å²) in [5.74, 6) is 0.834. The number of hydrogen-bond acceptors (Lipinski definition) is 8. The minimum Gasteiger partial charge on any atom is -0.493 e. The van der Waals surface area contributed by atoms with Crippen LogP contribution in [-0.2, 0) is 32.6 Å². The number of thiazole rings is 1. The number of ether oxygens (including phenoxy) is 3. The van der Waals surface area contributed by atoms with Gasteiger partial charge in [-0.1, -0.05) is 18.2 Å². The van der Waals surface area contributed by atoms with Crippen LogP contribution in [0, 0.1) is 0 Å². The molecule has 3 rings (SSSR count). The molecular weight excluding hydrogens is 440 g/mol. The molecule has 0 aliphatic heterocycles. The van der Waals surface area contributed by atoms with E-state index in [-0.39, 0.29) is 23.9 Å². The molecule has 2 aromatic carbocycles. The molecule has 0 radical (unpaired) electrons. The van der Waals surface area contributed by atoms with Gasteiger partial charge in [-0.25, -0.2) is 18.5 Å². The van der Waals surface area contributed by atoms with Crippen LogP contribution >= 0.6 is 11.3 Å². The van der Waals surface area contributed by atoms with E-state index < -0.39 is 10.0 Å². The number of aromatic nitrogens is 1. The first-order chi connectivity index (χ1) is 14.8. The van der Waals surface area contributed by atoms with E-state index in [1.165, 1.54) is 23.5 Å². The van der Waals surface area contributed by atoms with Gasteiger partial charge in [-0.15, -0.1) is 11.3 Å². The van der Waals surface area contributed by atoms with Crippen molar-refractivity contribution in [2.45, 2.75) is 24.3 Å². The number of para-hydroxylation sites is 1. The Kier molecular flexibility index (Phi) is 7.26. The summed E-state index contributed by atoms with van der Waals surface area (Å²) in [6.45, 7) is 0.0615. The number of carbonyl (C=O) groups excluding carboxylic acids is 1. The van der Waals surface area contributed by atoms with Crippen molar-refractivity contribution in [2.75, 3.05) is 14.2 Å². The van der Waals surface area contributed by atoms with Gasteiger partial charge in [0.1, 0.15) is 11.6 Å². The predicted octanol–water partition coefficient (Wildman–Crippen LogP) is 3.15. The van der Waals surface area contributed by atoms with Crippen molar-refractivity contribution in [1.82, 2.24) is 4.98 Å². The Labute approximate surface area is 184 Å². The molecule has 0 saturated carbocycles. The molecule has 0 atom stereocenters. The Balaban J connectivity index is 1.56. The third kappa shape index (κ3) is 5.81. The van der Waals surface area contributed by atoms with Crippen molar-refractivity contribution in [2.24, 2.45) is 5.14 Å². The number of esters is 1. The molecule has 0 aliphatic rings. The lowest BCUT2D eigenvalue weighted by Gasteiger charge is -2.10. The van der Waals surface area contributed by atoms with Crippen molar-refractivity contribution in [3.05, 3.63) is 59.1 Å². The van der Waals surface area contributed by atoms with Gasteiger partial charge in [0.2, 0.25) is 10.0 Å². The number of aryl methyl sites for hydroxylation is 1. The normalized spacial score (nSPS) is 11.2. The Morgan fingerprint density at radius 2 is 1.84 bits per heavy atom. The Bertz CT molecular complexity index is 1160. The first-order valence-corrected chi connectivity index (χ1v) is 11.7. The number of hydrogen-bond donors (Lipinski definition) is 1. The molecule has 3 aromatic rings. The molecule has 2 N–H and O–H groups in total. The van der Waals surface area contributed by atoms with E-state index in [9.17, 15) is 13.2 Å². The Morgan fingerprint density at radius 1 is 1.10 bits per heavy atom. The third-order valence-electron chi connectivity index (χ3n) is 4.44. The Hall–Kier alpha value is -2.95. The van der Waals surface area contributed by atoms with E-state index in [2.05, 4.69) is 4.98 Å². The minimum absolute atomic E-state index is 0.0332. The molecule has 0 unspecified atom stereocenters. The van der Waals surface area contributed by atoms with Crippen LogP contribution in [0.5, 0.6) is 11.5 Å². The number of sulfonamides is 1. The van der Waals surface area contributed by atoms with Crippen molar-refractivity contribution >= 4 is 27.3 Å². The zero-order valence-corrected chi connectivity index (χ0v) is 18.7. The van der Waals surface area contributed by atoms with E-state index in [0.717, 1.165) is 16.1 Å². The van der Waals surface area contributed by atoms with Crippen LogP contribution in [0.4, 0.5) is 0 Å². The molecule has 8 nitrogen and oxygen atoms in total. The maximum Gasteiger partial charge on any atom is 0.306 e. The van der Waals surface area contributed by atoms with Crippen LogP contribution in [0.2, 0.25) is 0 Å². The first-order valence-electron chi connectivity index (χ1n) is 9.25. The highest BCUT2D eigenvalue weighted by Crippen LogP contribution is 2.39. The number of benzene rings is 2. The standard InChI is InChI=1S/C21H22N2O6S2/c1-27-18-5-3-4-17(20(18)28-2)21-23-15(13-30-21)12-29-19(24)11-8-14-6-9-16(10-7-14)31(22,25)26/h3-7,9-10,13H,8,11-12H2,1-2H3,(H2,22,25,26). The fourth-order valence-electron chi connectivity index (χ4n) is 2.87. The van der Waals surface area contributed by atoms with Crippen molar-refractivity contribution in [1.29, 1.82) is 0 Å². The van der Waals surface area contributed by atoms with Crippen molar-refractivity contribution in [3.63, 3.8) is 0 Å². The molecule has 0 bridgehead atoms. The molecular formula is C21H22N2O6S2. The average Bonchev–Trinajstić information content (AvgIpc) is 3.24. The number of methoxy groups -OCH3 is 2. The summed E-state index contributed by atoms with van der Waals surface area (Å²) in [5.41, 5.74) is 2.24. The predicted molar refractivity (Wildman–Crippen MR) is 117 cm³/mol. The van der Waals surface area contributed by atoms with Gasteiger partial charge in [0.05, 0.1) is 30.4 Å². The van der Waals surface area contributed by atoms with E-state index >= 15 is 0 Å². The number of nitrogens with two attached hydrogens (primary N) is 1. The lowest BCUT2D eigenvalue weighted by molar-refractivity contribution is -0.145. The van der Waals surface area contributed by atoms with Crippen LogP contribution in [0.1, 0.15) is 17.7 Å². The van der Waals surface area contributed by atoms with E-state index in [0.29, 0.717) is 23.6 Å². The number of carbonyl (C=O) groups is 1. The highest BCUT2D eigenvalue weighted by Gasteiger charge is 2.15. The molecule has 1 aromatic heterocycles. The summed E-state index contributed by atoms with van der Waals surface area (Å²) >= 11 is 1.42. The van der Waals surface area contributed by atoms with Gasteiger partial charge in [0.25, 0.3) is 0 Å². The molecule has 10 heteroatoms. The van der Waals surface area contributed by atoms with Crippen LogP contribution in [0.15, 0.2) is 52.7 Å². The van der Waals surface area contributed by atoms with Gasteiger partial charge < -0.3 is 14.2 Å². The van der Waals surface area contributed by atoms with Crippen molar-refractivity contribution < 1.29 is 27.4 Å². The number of rotatable bonds is 9. The third-order valence-corrected chi connectivity index (χ3v) is 6.29. The minimum atomic E-state index is -3.73. The molecule has 0 spiro atoms. The topological polar surface area (TPSA) is 118 Å². The SMILES string of the molecule is COc1cccc(-c2nc(COC(=O)CCc3ccc(S(N)(=O)=O)cc3)cs2)c1OC. The van der Waals surface area contributed by atoms with E-state index in [4.69, 9.17) is 19.3 Å². The van der Waals surface area contributed by atoms with Crippen LogP contribution in [0.3, 0.4) is 0 Å². The zero-order chi connectivity index (χ0) is 22.4. The zero-order valence-electron chi connectivity index (χ0n) is 17.0. The van der Waals surface area contributed by atoms with E-state index in [1.807, 2.05) is 17.5 Å². The summed E-state index contributed by atoms with van der Waals surface area (Å²) in [6.07, 6.45) is 0.586. The van der Waals surface area contributed by atoms with Gasteiger partial charge in [-0.05, 0) is 36.2 Å². The van der Waals surface area contributed by atoms with Gasteiger partial charge in [0.15, 0.2) is 11.5 Å². The lowest BCUT2D eigenvalue weighted by atomic mass is 10.1. The van der Waals surface area contributed by atoms with Gasteiger partial charge in [-0.2, -0.15) is 0 Å². The first kappa shape index (κ1) is 22.7. The van der Waals surface area contributed by atoms with Crippen LogP contribution < -0.4 is 14.6 Å². The highest BCUT2D eigenvalue weighted by atomic mass is 32.2. The second kappa shape index (κ2) is 9.90. The fraction of sp³-hybridized carbons (Fsp3) is 0.238. The van der Waals surface area contributed by atoms with Gasteiger partial charge >= 0.3 is 5.97 Å². The fourth-order valence-corrected chi connectivity index (χ4v) is 4.21. The molecule has 0 aliphatic carbocycles. The second-order valence-corrected chi connectivity index (χ2v) is 8.95. The largest absolute Gasteiger partial charge is 0.493 e. The summed E-state index contributed by atoms with van der Waals surface area (Å²) < 4.78 is 38.6. The monoisotopic (exact) mass is 462 g/mol. The molecule has 1 heterocycles. The average molecular weight is 463 g/mol. The van der Waals surface area contributed by atoms with Crippen LogP contribution in [-0.4, -0.2) is 33.6 Å². The second-order valence-electron chi connectivity index (χ2n) is 6.53. The maximum atomic E-state index is 12.1. The molecule has 0 saturated heterocycles. The summed E-state index contributed by atoms with van der Waals surface area (Å²) in [6, 6.07) is 11.6. The smallest absolute Gasteiger partial charge is 0.306 e. The highest BCUT2D eigenvalue weighted by molar-refractivity contribution is 7.89. The molecule has 31 heavy (non-hydrogen) atoms. The number of nitrogens with zero attached hydrogens (tertiary/aromatic N) is 1. The number of primary sulfonamides is 1.